The van der Waals surface area contributed by atoms with Crippen LogP contribution in [0.1, 0.15) is 19.5 Å². The molecule has 1 rings (SSSR count). The topological polar surface area (TPSA) is 33.2 Å². The smallest absolute Gasteiger partial charge is 0.228 e. The lowest BCUT2D eigenvalue weighted by Crippen LogP contribution is -2.31. The third kappa shape index (κ3) is 3.63. The van der Waals surface area contributed by atoms with Gasteiger partial charge in [0.1, 0.15) is 0 Å². The summed E-state index contributed by atoms with van der Waals surface area (Å²) < 4.78 is 0.932. The van der Waals surface area contributed by atoms with Crippen LogP contribution in [0, 0.1) is 0 Å². The van der Waals surface area contributed by atoms with E-state index in [0.29, 0.717) is 6.42 Å². The molecule has 0 radical (unpaired) electrons. The molecule has 1 aromatic rings. The molecule has 0 N–H and O–H groups in total. The second kappa shape index (κ2) is 5.85. The molecule has 0 saturated carbocycles. The molecule has 15 heavy (non-hydrogen) atoms. The van der Waals surface area contributed by atoms with Crippen molar-refractivity contribution in [2.24, 2.45) is 0 Å². The highest BCUT2D eigenvalue weighted by Crippen LogP contribution is 2.08. The monoisotopic (exact) mass is 270 g/mol. The van der Waals surface area contributed by atoms with Gasteiger partial charge in [-0.3, -0.25) is 9.78 Å². The average Bonchev–Trinajstić information content (AvgIpc) is 2.23. The summed E-state index contributed by atoms with van der Waals surface area (Å²) in [5, 5.41) is 0. The first kappa shape index (κ1) is 12.2. The van der Waals surface area contributed by atoms with Gasteiger partial charge in [-0.2, -0.15) is 0 Å². The number of nitrogens with zero attached hydrogens (tertiary/aromatic N) is 2. The van der Waals surface area contributed by atoms with Gasteiger partial charge in [-0.25, -0.2) is 0 Å². The lowest BCUT2D eigenvalue weighted by Gasteiger charge is -2.18. The van der Waals surface area contributed by atoms with Gasteiger partial charge < -0.3 is 4.90 Å². The molecular formula is C11H15BrN2O. The van der Waals surface area contributed by atoms with Gasteiger partial charge in [0.25, 0.3) is 0 Å². The molecule has 0 fully saturated rings. The summed E-state index contributed by atoms with van der Waals surface area (Å²) in [6, 6.07) is 3.77. The molecule has 0 aliphatic carbocycles. The van der Waals surface area contributed by atoms with Crippen LogP contribution in [0.15, 0.2) is 22.8 Å². The van der Waals surface area contributed by atoms with Crippen LogP contribution < -0.4 is 0 Å². The molecule has 1 aromatic heterocycles. The standard InChI is InChI=1S/C11H15BrN2O/c1-3-14(4-2)11(15)7-10-6-5-9(12)8-13-10/h5-6,8H,3-4,7H2,1-2H3. The van der Waals surface area contributed by atoms with Gasteiger partial charge in [-0.15, -0.1) is 0 Å². The number of pyridine rings is 1. The van der Waals surface area contributed by atoms with Crippen molar-refractivity contribution in [2.75, 3.05) is 13.1 Å². The number of likely N-dealkylation sites (N-methyl/N-ethyl adjacent to an activating group) is 1. The molecule has 1 amide bonds. The van der Waals surface area contributed by atoms with E-state index < -0.39 is 0 Å². The molecule has 82 valence electrons. The summed E-state index contributed by atoms with van der Waals surface area (Å²) in [6.45, 7) is 5.48. The summed E-state index contributed by atoms with van der Waals surface area (Å²) in [5.74, 6) is 0.134. The van der Waals surface area contributed by atoms with Crippen LogP contribution in [0.25, 0.3) is 0 Å². The average molecular weight is 271 g/mol. The zero-order valence-electron chi connectivity index (χ0n) is 9.03. The van der Waals surface area contributed by atoms with Crippen molar-refractivity contribution in [2.45, 2.75) is 20.3 Å². The fourth-order valence-electron chi connectivity index (χ4n) is 1.35. The van der Waals surface area contributed by atoms with Crippen molar-refractivity contribution in [3.05, 3.63) is 28.5 Å². The van der Waals surface area contributed by atoms with Gasteiger partial charge in [0, 0.05) is 29.5 Å². The van der Waals surface area contributed by atoms with Crippen LogP contribution in [-0.2, 0) is 11.2 Å². The van der Waals surface area contributed by atoms with Crippen molar-refractivity contribution in [3.63, 3.8) is 0 Å². The molecule has 0 aromatic carbocycles. The molecular weight excluding hydrogens is 256 g/mol. The van der Waals surface area contributed by atoms with Crippen LogP contribution in [0.5, 0.6) is 0 Å². The Morgan fingerprint density at radius 3 is 2.53 bits per heavy atom. The largest absolute Gasteiger partial charge is 0.343 e. The molecule has 0 spiro atoms. The Kier molecular flexibility index (Phi) is 4.75. The number of carbonyl (C=O) groups is 1. The first-order valence-corrected chi connectivity index (χ1v) is 5.84. The van der Waals surface area contributed by atoms with Gasteiger partial charge in [0.15, 0.2) is 0 Å². The van der Waals surface area contributed by atoms with Crippen molar-refractivity contribution < 1.29 is 4.79 Å². The molecule has 0 aliphatic rings. The number of aromatic nitrogens is 1. The molecule has 0 atom stereocenters. The molecule has 4 heteroatoms. The highest BCUT2D eigenvalue weighted by Gasteiger charge is 2.10. The minimum absolute atomic E-state index is 0.134. The Morgan fingerprint density at radius 1 is 1.40 bits per heavy atom. The van der Waals surface area contributed by atoms with Crippen molar-refractivity contribution in [1.29, 1.82) is 0 Å². The number of rotatable bonds is 4. The number of hydrogen-bond acceptors (Lipinski definition) is 2. The third-order valence-electron chi connectivity index (χ3n) is 2.24. The predicted molar refractivity (Wildman–Crippen MR) is 63.6 cm³/mol. The second-order valence-corrected chi connectivity index (χ2v) is 4.13. The first-order valence-electron chi connectivity index (χ1n) is 5.05. The molecule has 0 saturated heterocycles. The molecule has 0 unspecified atom stereocenters. The van der Waals surface area contributed by atoms with E-state index in [4.69, 9.17) is 0 Å². The van der Waals surface area contributed by atoms with E-state index >= 15 is 0 Å². The maximum absolute atomic E-state index is 11.7. The highest BCUT2D eigenvalue weighted by molar-refractivity contribution is 9.10. The van der Waals surface area contributed by atoms with E-state index in [1.807, 2.05) is 30.9 Å². The Morgan fingerprint density at radius 2 is 2.07 bits per heavy atom. The SMILES string of the molecule is CCN(CC)C(=O)Cc1ccc(Br)cn1. The van der Waals surface area contributed by atoms with Crippen molar-refractivity contribution in [3.8, 4) is 0 Å². The zero-order chi connectivity index (χ0) is 11.3. The normalized spacial score (nSPS) is 10.1. The van der Waals surface area contributed by atoms with Crippen molar-refractivity contribution >= 4 is 21.8 Å². The zero-order valence-corrected chi connectivity index (χ0v) is 10.6. The Labute approximate surface area is 98.6 Å². The first-order chi connectivity index (χ1) is 7.17. The number of carbonyl (C=O) groups excluding carboxylic acids is 1. The van der Waals surface area contributed by atoms with Crippen molar-refractivity contribution in [1.82, 2.24) is 9.88 Å². The lowest BCUT2D eigenvalue weighted by molar-refractivity contribution is -0.130. The number of hydrogen-bond donors (Lipinski definition) is 0. The van der Waals surface area contributed by atoms with E-state index in [9.17, 15) is 4.79 Å². The van der Waals surface area contributed by atoms with Gasteiger partial charge in [0.05, 0.1) is 6.42 Å². The van der Waals surface area contributed by atoms with Crippen LogP contribution in [0.4, 0.5) is 0 Å². The van der Waals surface area contributed by atoms with E-state index in [0.717, 1.165) is 23.3 Å². The van der Waals surface area contributed by atoms with Gasteiger partial charge in [-0.1, -0.05) is 0 Å². The van der Waals surface area contributed by atoms with Crippen LogP contribution in [-0.4, -0.2) is 28.9 Å². The minimum atomic E-state index is 0.134. The van der Waals surface area contributed by atoms with Crippen LogP contribution >= 0.6 is 15.9 Å². The number of amides is 1. The van der Waals surface area contributed by atoms with Crippen LogP contribution in [0.3, 0.4) is 0 Å². The number of halogens is 1. The minimum Gasteiger partial charge on any atom is -0.343 e. The summed E-state index contributed by atoms with van der Waals surface area (Å²) >= 11 is 3.31. The molecule has 1 heterocycles. The van der Waals surface area contributed by atoms with E-state index in [1.54, 1.807) is 6.20 Å². The quantitative estimate of drug-likeness (QED) is 0.841. The lowest BCUT2D eigenvalue weighted by atomic mass is 10.2. The molecule has 0 aliphatic heterocycles. The van der Waals surface area contributed by atoms with Gasteiger partial charge in [-0.05, 0) is 41.9 Å². The third-order valence-corrected chi connectivity index (χ3v) is 2.71. The fraction of sp³-hybridized carbons (Fsp3) is 0.455. The Hall–Kier alpha value is -0.900. The Balaban J connectivity index is 2.61. The molecule has 0 bridgehead atoms. The summed E-state index contributed by atoms with van der Waals surface area (Å²) in [5.41, 5.74) is 0.815. The van der Waals surface area contributed by atoms with Crippen LogP contribution in [0.2, 0.25) is 0 Å². The van der Waals surface area contributed by atoms with Gasteiger partial charge in [0.2, 0.25) is 5.91 Å². The predicted octanol–water partition coefficient (Wildman–Crippen LogP) is 2.26. The summed E-state index contributed by atoms with van der Waals surface area (Å²) in [4.78, 5) is 17.7. The summed E-state index contributed by atoms with van der Waals surface area (Å²) in [6.07, 6.45) is 2.10. The fourth-order valence-corrected chi connectivity index (χ4v) is 1.59. The van der Waals surface area contributed by atoms with Gasteiger partial charge >= 0.3 is 0 Å². The Bertz CT molecular complexity index is 320. The van der Waals surface area contributed by atoms with E-state index in [1.165, 1.54) is 0 Å². The highest BCUT2D eigenvalue weighted by atomic mass is 79.9. The maximum Gasteiger partial charge on any atom is 0.228 e. The van der Waals surface area contributed by atoms with E-state index in [2.05, 4.69) is 20.9 Å². The summed E-state index contributed by atoms with van der Waals surface area (Å²) in [7, 11) is 0. The van der Waals surface area contributed by atoms with E-state index in [-0.39, 0.29) is 5.91 Å². The second-order valence-electron chi connectivity index (χ2n) is 3.21. The molecule has 3 nitrogen and oxygen atoms in total. The maximum atomic E-state index is 11.7.